The van der Waals surface area contributed by atoms with Gasteiger partial charge in [0, 0.05) is 18.4 Å². The van der Waals surface area contributed by atoms with Crippen LogP contribution in [-0.4, -0.2) is 28.1 Å². The number of nitrogens with zero attached hydrogens (tertiary/aromatic N) is 2. The monoisotopic (exact) mass is 304 g/mol. The molecule has 0 aliphatic heterocycles. The van der Waals surface area contributed by atoms with E-state index in [2.05, 4.69) is 15.3 Å². The second-order valence-corrected chi connectivity index (χ2v) is 5.25. The van der Waals surface area contributed by atoms with E-state index in [0.29, 0.717) is 10.3 Å². The number of aromatic nitrogens is 2. The molecule has 0 fully saturated rings. The molecule has 0 aliphatic carbocycles. The van der Waals surface area contributed by atoms with Gasteiger partial charge in [0.1, 0.15) is 15.2 Å². The highest BCUT2D eigenvalue weighted by molar-refractivity contribution is 7.21. The van der Waals surface area contributed by atoms with Crippen LogP contribution in [0.5, 0.6) is 0 Å². The van der Waals surface area contributed by atoms with Gasteiger partial charge < -0.3 is 11.1 Å². The number of nitrogen functional groups attached to an aromatic ring is 1. The number of carbonyl (C=O) groups is 1. The number of rotatable bonds is 3. The first-order valence-corrected chi connectivity index (χ1v) is 6.46. The number of hydrogen-bond acceptors (Lipinski definition) is 5. The van der Waals surface area contributed by atoms with Crippen molar-refractivity contribution in [3.63, 3.8) is 0 Å². The summed E-state index contributed by atoms with van der Waals surface area (Å²) in [6.45, 7) is 1.28. The third-order valence-corrected chi connectivity index (χ3v) is 3.59. The van der Waals surface area contributed by atoms with Gasteiger partial charge in [-0.2, -0.15) is 13.2 Å². The van der Waals surface area contributed by atoms with Crippen molar-refractivity contribution in [2.45, 2.75) is 25.6 Å². The van der Waals surface area contributed by atoms with E-state index in [9.17, 15) is 18.0 Å². The number of halogens is 3. The Morgan fingerprint density at radius 2 is 2.10 bits per heavy atom. The molecule has 3 N–H and O–H groups in total. The van der Waals surface area contributed by atoms with Crippen LogP contribution >= 0.6 is 11.3 Å². The molecule has 2 rings (SSSR count). The van der Waals surface area contributed by atoms with Crippen LogP contribution < -0.4 is 11.1 Å². The summed E-state index contributed by atoms with van der Waals surface area (Å²) in [7, 11) is 0. The number of nitrogens with two attached hydrogens (primary N) is 1. The van der Waals surface area contributed by atoms with Gasteiger partial charge in [-0.05, 0) is 6.92 Å². The van der Waals surface area contributed by atoms with Crippen LogP contribution in [0.25, 0.3) is 10.3 Å². The maximum Gasteiger partial charge on any atom is 0.391 e. The lowest BCUT2D eigenvalue weighted by atomic mass is 10.2. The van der Waals surface area contributed by atoms with E-state index in [0.717, 1.165) is 11.3 Å². The Labute approximate surface area is 116 Å². The highest BCUT2D eigenvalue weighted by atomic mass is 32.1. The summed E-state index contributed by atoms with van der Waals surface area (Å²) < 4.78 is 36.6. The molecular formula is C11H11F3N4OS. The Hall–Kier alpha value is -1.90. The average Bonchev–Trinajstić information content (AvgIpc) is 2.65. The molecule has 0 aliphatic rings. The molecule has 2 aromatic rings. The van der Waals surface area contributed by atoms with E-state index in [4.69, 9.17) is 5.73 Å². The minimum absolute atomic E-state index is 0.125. The maximum absolute atomic E-state index is 12.2. The van der Waals surface area contributed by atoms with Gasteiger partial charge >= 0.3 is 6.18 Å². The summed E-state index contributed by atoms with van der Waals surface area (Å²) in [5.41, 5.74) is 6.28. The first kappa shape index (κ1) is 14.5. The van der Waals surface area contributed by atoms with E-state index in [1.165, 1.54) is 19.3 Å². The molecule has 1 unspecified atom stereocenters. The van der Waals surface area contributed by atoms with Crippen LogP contribution in [0.2, 0.25) is 0 Å². The predicted molar refractivity (Wildman–Crippen MR) is 69.4 cm³/mol. The fourth-order valence-corrected chi connectivity index (χ4v) is 2.62. The van der Waals surface area contributed by atoms with Gasteiger partial charge in [0.15, 0.2) is 0 Å². The largest absolute Gasteiger partial charge is 0.396 e. The summed E-state index contributed by atoms with van der Waals surface area (Å²) in [4.78, 5) is 20.5. The van der Waals surface area contributed by atoms with Crippen molar-refractivity contribution in [1.82, 2.24) is 15.3 Å². The molecule has 0 radical (unpaired) electrons. The van der Waals surface area contributed by atoms with Gasteiger partial charge in [0.05, 0.1) is 12.1 Å². The summed E-state index contributed by atoms with van der Waals surface area (Å²) in [5.74, 6) is -0.649. The van der Waals surface area contributed by atoms with Gasteiger partial charge in [-0.15, -0.1) is 11.3 Å². The highest BCUT2D eigenvalue weighted by Gasteiger charge is 2.31. The fraction of sp³-hybridized carbons (Fsp3) is 0.364. The normalized spacial score (nSPS) is 13.4. The molecule has 9 heteroatoms. The topological polar surface area (TPSA) is 80.9 Å². The van der Waals surface area contributed by atoms with Crippen molar-refractivity contribution in [3.8, 4) is 0 Å². The van der Waals surface area contributed by atoms with Gasteiger partial charge in [-0.1, -0.05) is 0 Å². The van der Waals surface area contributed by atoms with E-state index >= 15 is 0 Å². The van der Waals surface area contributed by atoms with Gasteiger partial charge in [-0.3, -0.25) is 4.79 Å². The first-order chi connectivity index (χ1) is 9.28. The third-order valence-electron chi connectivity index (χ3n) is 2.48. The number of fused-ring (bicyclic) bond motifs is 1. The first-order valence-electron chi connectivity index (χ1n) is 5.64. The zero-order valence-electron chi connectivity index (χ0n) is 10.4. The van der Waals surface area contributed by atoms with Crippen LogP contribution in [0.1, 0.15) is 23.0 Å². The molecule has 1 amide bonds. The number of thiophene rings is 1. The Morgan fingerprint density at radius 1 is 1.45 bits per heavy atom. The zero-order chi connectivity index (χ0) is 14.9. The van der Waals surface area contributed by atoms with Crippen molar-refractivity contribution < 1.29 is 18.0 Å². The lowest BCUT2D eigenvalue weighted by Crippen LogP contribution is -2.35. The minimum atomic E-state index is -4.33. The maximum atomic E-state index is 12.2. The van der Waals surface area contributed by atoms with E-state index < -0.39 is 24.5 Å². The highest BCUT2D eigenvalue weighted by Crippen LogP contribution is 2.30. The lowest BCUT2D eigenvalue weighted by Gasteiger charge is -2.15. The van der Waals surface area contributed by atoms with Crippen LogP contribution in [0.3, 0.4) is 0 Å². The summed E-state index contributed by atoms with van der Waals surface area (Å²) in [6.07, 6.45) is -2.55. The summed E-state index contributed by atoms with van der Waals surface area (Å²) >= 11 is 1.00. The number of alkyl halides is 3. The number of hydrogen-bond donors (Lipinski definition) is 2. The Kier molecular flexibility index (Phi) is 3.80. The molecule has 0 saturated heterocycles. The van der Waals surface area contributed by atoms with Crippen LogP contribution in [0.4, 0.5) is 18.9 Å². The predicted octanol–water partition coefficient (Wildman–Crippen LogP) is 2.34. The molecular weight excluding hydrogens is 293 g/mol. The standard InChI is InChI=1S/C11H11F3N4OS/c1-5(4-11(12,13)14)18-9(19)8-6(15)7-10(20-8)17-3-2-16-7/h2-3,5H,4,15H2,1H3,(H,18,19). The van der Waals surface area contributed by atoms with E-state index in [-0.39, 0.29) is 10.6 Å². The van der Waals surface area contributed by atoms with Crippen molar-refractivity contribution in [3.05, 3.63) is 17.3 Å². The number of anilines is 1. The van der Waals surface area contributed by atoms with Gasteiger partial charge in [0.2, 0.25) is 0 Å². The molecule has 2 heterocycles. The van der Waals surface area contributed by atoms with Crippen LogP contribution in [0, 0.1) is 0 Å². The SMILES string of the molecule is CC(CC(F)(F)F)NC(=O)c1sc2nccnc2c1N. The lowest BCUT2D eigenvalue weighted by molar-refractivity contribution is -0.138. The molecule has 108 valence electrons. The van der Waals surface area contributed by atoms with Crippen LogP contribution in [-0.2, 0) is 0 Å². The van der Waals surface area contributed by atoms with E-state index in [1.54, 1.807) is 0 Å². The molecule has 0 aromatic carbocycles. The quantitative estimate of drug-likeness (QED) is 0.912. The number of amides is 1. The second kappa shape index (κ2) is 5.23. The summed E-state index contributed by atoms with van der Waals surface area (Å²) in [5, 5.41) is 2.27. The minimum Gasteiger partial charge on any atom is -0.396 e. The smallest absolute Gasteiger partial charge is 0.391 e. The Bertz CT molecular complexity index is 640. The molecule has 0 bridgehead atoms. The van der Waals surface area contributed by atoms with Crippen molar-refractivity contribution in [2.24, 2.45) is 0 Å². The number of carbonyl (C=O) groups excluding carboxylic acids is 1. The summed E-state index contributed by atoms with van der Waals surface area (Å²) in [6, 6.07) is -1.03. The molecule has 0 spiro atoms. The molecule has 2 aromatic heterocycles. The van der Waals surface area contributed by atoms with Gasteiger partial charge in [-0.25, -0.2) is 9.97 Å². The van der Waals surface area contributed by atoms with Gasteiger partial charge in [0.25, 0.3) is 5.91 Å². The average molecular weight is 304 g/mol. The fourth-order valence-electron chi connectivity index (χ4n) is 1.70. The zero-order valence-corrected chi connectivity index (χ0v) is 11.2. The molecule has 20 heavy (non-hydrogen) atoms. The van der Waals surface area contributed by atoms with E-state index in [1.807, 2.05) is 0 Å². The molecule has 0 saturated carbocycles. The van der Waals surface area contributed by atoms with Crippen molar-refractivity contribution >= 4 is 33.3 Å². The molecule has 1 atom stereocenters. The number of nitrogens with one attached hydrogen (secondary N) is 1. The third kappa shape index (κ3) is 3.16. The Balaban J connectivity index is 2.17. The second-order valence-electron chi connectivity index (χ2n) is 4.25. The molecule has 5 nitrogen and oxygen atoms in total. The van der Waals surface area contributed by atoms with Crippen LogP contribution in [0.15, 0.2) is 12.4 Å². The van der Waals surface area contributed by atoms with Crippen molar-refractivity contribution in [1.29, 1.82) is 0 Å². The van der Waals surface area contributed by atoms with Crippen molar-refractivity contribution in [2.75, 3.05) is 5.73 Å². The Morgan fingerprint density at radius 3 is 2.70 bits per heavy atom.